The maximum absolute atomic E-state index is 12.4. The Balaban J connectivity index is 3.12. The second-order valence-electron chi connectivity index (χ2n) is 4.61. The molecule has 0 aliphatic rings. The first-order chi connectivity index (χ1) is 9.37. The number of benzene rings is 1. The number of ether oxygens (including phenoxy) is 3. The zero-order chi connectivity index (χ0) is 15.3. The van der Waals surface area contributed by atoms with E-state index in [0.717, 1.165) is 0 Å². The van der Waals surface area contributed by atoms with Crippen LogP contribution in [0.2, 0.25) is 0 Å². The molecule has 1 aromatic carbocycles. The lowest BCUT2D eigenvalue weighted by atomic mass is 10.0. The van der Waals surface area contributed by atoms with Gasteiger partial charge in [0.05, 0.1) is 21.3 Å². The summed E-state index contributed by atoms with van der Waals surface area (Å²) < 4.78 is 15.0. The van der Waals surface area contributed by atoms with Crippen molar-refractivity contribution in [2.24, 2.45) is 0 Å². The van der Waals surface area contributed by atoms with E-state index in [1.54, 1.807) is 32.0 Å². The largest absolute Gasteiger partial charge is 0.496 e. The van der Waals surface area contributed by atoms with E-state index in [4.69, 9.17) is 9.47 Å². The molecule has 1 N–H and O–H groups in total. The minimum absolute atomic E-state index is 0.231. The van der Waals surface area contributed by atoms with Crippen LogP contribution in [-0.4, -0.2) is 38.7 Å². The van der Waals surface area contributed by atoms with Crippen LogP contribution in [0.15, 0.2) is 18.2 Å². The summed E-state index contributed by atoms with van der Waals surface area (Å²) in [7, 11) is 4.17. The van der Waals surface area contributed by atoms with E-state index in [-0.39, 0.29) is 5.56 Å². The molecule has 0 radical (unpaired) electrons. The van der Waals surface area contributed by atoms with E-state index in [1.807, 2.05) is 0 Å². The van der Waals surface area contributed by atoms with Crippen molar-refractivity contribution in [1.82, 2.24) is 5.32 Å². The van der Waals surface area contributed by atoms with Crippen molar-refractivity contribution in [2.75, 3.05) is 21.3 Å². The highest BCUT2D eigenvalue weighted by Crippen LogP contribution is 2.28. The predicted molar refractivity (Wildman–Crippen MR) is 73.1 cm³/mol. The molecule has 110 valence electrons. The summed E-state index contributed by atoms with van der Waals surface area (Å²) >= 11 is 0. The van der Waals surface area contributed by atoms with E-state index < -0.39 is 17.4 Å². The summed E-state index contributed by atoms with van der Waals surface area (Å²) in [5.74, 6) is -0.292. The van der Waals surface area contributed by atoms with Crippen LogP contribution in [0.4, 0.5) is 0 Å². The maximum atomic E-state index is 12.4. The number of methoxy groups -OCH3 is 3. The van der Waals surface area contributed by atoms with E-state index in [9.17, 15) is 9.59 Å². The van der Waals surface area contributed by atoms with Crippen LogP contribution >= 0.6 is 0 Å². The lowest BCUT2D eigenvalue weighted by molar-refractivity contribution is -0.146. The first kappa shape index (κ1) is 15.8. The molecule has 0 saturated carbocycles. The standard InChI is InChI=1S/C14H19NO5/c1-14(2,13(17)20-5)15-12(16)11-9(18-3)7-6-8-10(11)19-4/h6-8H,1-5H3,(H,15,16). The summed E-state index contributed by atoms with van der Waals surface area (Å²) in [6.45, 7) is 3.11. The Bertz CT molecular complexity index is 488. The number of amides is 1. The molecule has 6 nitrogen and oxygen atoms in total. The van der Waals surface area contributed by atoms with Gasteiger partial charge < -0.3 is 19.5 Å². The third-order valence-corrected chi connectivity index (χ3v) is 2.78. The van der Waals surface area contributed by atoms with Crippen molar-refractivity contribution >= 4 is 11.9 Å². The molecule has 0 spiro atoms. The van der Waals surface area contributed by atoms with Crippen LogP contribution in [-0.2, 0) is 9.53 Å². The number of esters is 1. The Morgan fingerprint density at radius 1 is 1.05 bits per heavy atom. The van der Waals surface area contributed by atoms with Gasteiger partial charge in [-0.2, -0.15) is 0 Å². The van der Waals surface area contributed by atoms with Gasteiger partial charge in [-0.3, -0.25) is 4.79 Å². The first-order valence-electron chi connectivity index (χ1n) is 5.99. The Kier molecular flexibility index (Phi) is 4.96. The van der Waals surface area contributed by atoms with Gasteiger partial charge >= 0.3 is 5.97 Å². The fourth-order valence-corrected chi connectivity index (χ4v) is 1.73. The molecule has 1 aromatic rings. The molecule has 6 heteroatoms. The fraction of sp³-hybridized carbons (Fsp3) is 0.429. The average Bonchev–Trinajstić information content (AvgIpc) is 2.44. The number of hydrogen-bond acceptors (Lipinski definition) is 5. The average molecular weight is 281 g/mol. The molecule has 0 saturated heterocycles. The maximum Gasteiger partial charge on any atom is 0.330 e. The molecule has 1 amide bonds. The third kappa shape index (κ3) is 3.20. The number of carbonyl (C=O) groups is 2. The van der Waals surface area contributed by atoms with Crippen LogP contribution in [0.3, 0.4) is 0 Å². The first-order valence-corrected chi connectivity index (χ1v) is 5.99. The van der Waals surface area contributed by atoms with E-state index in [1.165, 1.54) is 21.3 Å². The number of hydrogen-bond donors (Lipinski definition) is 1. The molecular weight excluding hydrogens is 262 g/mol. The van der Waals surface area contributed by atoms with Gasteiger partial charge in [0, 0.05) is 0 Å². The topological polar surface area (TPSA) is 73.9 Å². The van der Waals surface area contributed by atoms with Gasteiger partial charge in [-0.15, -0.1) is 0 Å². The zero-order valence-electron chi connectivity index (χ0n) is 12.3. The van der Waals surface area contributed by atoms with Gasteiger partial charge in [-0.1, -0.05) is 6.07 Å². The Labute approximate surface area is 118 Å². The SMILES string of the molecule is COC(=O)C(C)(C)NC(=O)c1c(OC)cccc1OC. The molecule has 20 heavy (non-hydrogen) atoms. The highest BCUT2D eigenvalue weighted by atomic mass is 16.5. The van der Waals surface area contributed by atoms with Gasteiger partial charge in [-0.05, 0) is 26.0 Å². The van der Waals surface area contributed by atoms with E-state index in [0.29, 0.717) is 11.5 Å². The lowest BCUT2D eigenvalue weighted by Crippen LogP contribution is -2.50. The molecule has 0 unspecified atom stereocenters. The third-order valence-electron chi connectivity index (χ3n) is 2.78. The molecule has 0 bridgehead atoms. The van der Waals surface area contributed by atoms with Crippen LogP contribution in [0.1, 0.15) is 24.2 Å². The summed E-state index contributed by atoms with van der Waals surface area (Å²) in [6, 6.07) is 4.99. The second-order valence-corrected chi connectivity index (χ2v) is 4.61. The van der Waals surface area contributed by atoms with Crippen molar-refractivity contribution in [1.29, 1.82) is 0 Å². The van der Waals surface area contributed by atoms with Gasteiger partial charge in [0.1, 0.15) is 22.6 Å². The summed E-state index contributed by atoms with van der Waals surface area (Å²) in [4.78, 5) is 24.0. The number of carbonyl (C=O) groups excluding carboxylic acids is 2. The fourth-order valence-electron chi connectivity index (χ4n) is 1.73. The zero-order valence-corrected chi connectivity index (χ0v) is 12.3. The number of nitrogens with one attached hydrogen (secondary N) is 1. The summed E-state index contributed by atoms with van der Waals surface area (Å²) in [5, 5.41) is 2.60. The van der Waals surface area contributed by atoms with Crippen molar-refractivity contribution < 1.29 is 23.8 Å². The van der Waals surface area contributed by atoms with Crippen LogP contribution in [0.25, 0.3) is 0 Å². The Morgan fingerprint density at radius 2 is 1.55 bits per heavy atom. The molecule has 0 aliphatic carbocycles. The van der Waals surface area contributed by atoms with Gasteiger partial charge in [0.2, 0.25) is 0 Å². The molecular formula is C14H19NO5. The molecule has 0 fully saturated rings. The molecule has 0 aliphatic heterocycles. The monoisotopic (exact) mass is 281 g/mol. The van der Waals surface area contributed by atoms with E-state index >= 15 is 0 Å². The number of rotatable bonds is 5. The lowest BCUT2D eigenvalue weighted by Gasteiger charge is -2.24. The summed E-state index contributed by atoms with van der Waals surface area (Å²) in [6.07, 6.45) is 0. The quantitative estimate of drug-likeness (QED) is 0.825. The molecule has 0 heterocycles. The van der Waals surface area contributed by atoms with Gasteiger partial charge in [0.25, 0.3) is 5.91 Å². The minimum atomic E-state index is -1.16. The van der Waals surface area contributed by atoms with Crippen LogP contribution in [0, 0.1) is 0 Å². The second kappa shape index (κ2) is 6.27. The molecule has 0 aromatic heterocycles. The minimum Gasteiger partial charge on any atom is -0.496 e. The van der Waals surface area contributed by atoms with E-state index in [2.05, 4.69) is 10.1 Å². The Hall–Kier alpha value is -2.24. The Morgan fingerprint density at radius 3 is 1.95 bits per heavy atom. The normalized spacial score (nSPS) is 10.7. The van der Waals surface area contributed by atoms with Crippen LogP contribution in [0.5, 0.6) is 11.5 Å². The van der Waals surface area contributed by atoms with Crippen molar-refractivity contribution in [3.63, 3.8) is 0 Å². The highest BCUT2D eigenvalue weighted by molar-refractivity contribution is 6.02. The summed E-state index contributed by atoms with van der Waals surface area (Å²) in [5.41, 5.74) is -0.924. The van der Waals surface area contributed by atoms with Crippen molar-refractivity contribution in [3.8, 4) is 11.5 Å². The van der Waals surface area contributed by atoms with Crippen molar-refractivity contribution in [3.05, 3.63) is 23.8 Å². The predicted octanol–water partition coefficient (Wildman–Crippen LogP) is 1.39. The smallest absolute Gasteiger partial charge is 0.330 e. The van der Waals surface area contributed by atoms with Crippen LogP contribution < -0.4 is 14.8 Å². The van der Waals surface area contributed by atoms with Gasteiger partial charge in [0.15, 0.2) is 0 Å². The molecule has 1 rings (SSSR count). The molecule has 0 atom stereocenters. The van der Waals surface area contributed by atoms with Gasteiger partial charge in [-0.25, -0.2) is 4.79 Å². The van der Waals surface area contributed by atoms with Crippen molar-refractivity contribution in [2.45, 2.75) is 19.4 Å². The highest BCUT2D eigenvalue weighted by Gasteiger charge is 2.32.